The molecule has 1 heterocycles. The van der Waals surface area contributed by atoms with Crippen LogP contribution < -0.4 is 0 Å². The van der Waals surface area contributed by atoms with Crippen molar-refractivity contribution in [2.24, 2.45) is 4.99 Å². The summed E-state index contributed by atoms with van der Waals surface area (Å²) in [5, 5.41) is 10.4. The van der Waals surface area contributed by atoms with Crippen LogP contribution in [-0.4, -0.2) is 22.4 Å². The van der Waals surface area contributed by atoms with Crippen LogP contribution in [0, 0.1) is 0 Å². The summed E-state index contributed by atoms with van der Waals surface area (Å²) in [5.74, 6) is 1.36. The molecule has 0 saturated carbocycles. The predicted molar refractivity (Wildman–Crippen MR) is 58.7 cm³/mol. The first-order valence-electron chi connectivity index (χ1n) is 3.83. The molecule has 1 aliphatic heterocycles. The second-order valence-electron chi connectivity index (χ2n) is 2.55. The van der Waals surface area contributed by atoms with Gasteiger partial charge in [0.1, 0.15) is 10.8 Å². The summed E-state index contributed by atoms with van der Waals surface area (Å²) in [6.07, 6.45) is 0. The first kappa shape index (κ1) is 10.1. The van der Waals surface area contributed by atoms with E-state index in [1.54, 1.807) is 17.8 Å². The minimum absolute atomic E-state index is 0. The number of hydrogen-bond donors (Lipinski definition) is 1. The van der Waals surface area contributed by atoms with Crippen molar-refractivity contribution in [3.05, 3.63) is 29.8 Å². The molecular weight excluding hydrogens is 182 g/mol. The molecule has 0 spiro atoms. The Labute approximate surface area is 82.7 Å². The van der Waals surface area contributed by atoms with E-state index in [4.69, 9.17) is 0 Å². The molecule has 0 aromatic heterocycles. The molecule has 1 aromatic rings. The summed E-state index contributed by atoms with van der Waals surface area (Å²) in [5.41, 5.74) is 0.861. The number of benzene rings is 1. The molecule has 1 aliphatic rings. The van der Waals surface area contributed by atoms with E-state index in [0.29, 0.717) is 5.75 Å². The Morgan fingerprint density at radius 2 is 2.08 bits per heavy atom. The molecule has 3 heteroatoms. The van der Waals surface area contributed by atoms with Crippen LogP contribution in [0.25, 0.3) is 0 Å². The van der Waals surface area contributed by atoms with Crippen molar-refractivity contribution in [2.45, 2.75) is 7.43 Å². The maximum atomic E-state index is 9.48. The van der Waals surface area contributed by atoms with Crippen molar-refractivity contribution in [3.63, 3.8) is 0 Å². The molecule has 0 bridgehead atoms. The molecular formula is C10H13NOS. The number of nitrogens with zero attached hydrogens (tertiary/aromatic N) is 1. The maximum Gasteiger partial charge on any atom is 0.125 e. The number of aromatic hydroxyl groups is 1. The van der Waals surface area contributed by atoms with Crippen LogP contribution in [0.5, 0.6) is 5.75 Å². The molecule has 0 unspecified atom stereocenters. The van der Waals surface area contributed by atoms with Crippen LogP contribution in [0.4, 0.5) is 0 Å². The second kappa shape index (κ2) is 4.33. The fraction of sp³-hybridized carbons (Fsp3) is 0.300. The molecule has 2 nitrogen and oxygen atoms in total. The monoisotopic (exact) mass is 195 g/mol. The fourth-order valence-electron chi connectivity index (χ4n) is 1.15. The van der Waals surface area contributed by atoms with Crippen molar-refractivity contribution < 1.29 is 5.11 Å². The first-order valence-corrected chi connectivity index (χ1v) is 4.82. The molecule has 1 aromatic carbocycles. The average Bonchev–Trinajstić information content (AvgIpc) is 2.57. The van der Waals surface area contributed by atoms with E-state index in [1.807, 2.05) is 18.2 Å². The summed E-state index contributed by atoms with van der Waals surface area (Å²) >= 11 is 1.70. The molecule has 2 rings (SSSR count). The highest BCUT2D eigenvalue weighted by Gasteiger charge is 2.12. The SMILES string of the molecule is C.Oc1ccccc1C1=NCCS1. The van der Waals surface area contributed by atoms with Crippen molar-refractivity contribution in [1.82, 2.24) is 0 Å². The lowest BCUT2D eigenvalue weighted by molar-refractivity contribution is 0.474. The third-order valence-corrected chi connectivity index (χ3v) is 2.73. The van der Waals surface area contributed by atoms with E-state index >= 15 is 0 Å². The van der Waals surface area contributed by atoms with Crippen molar-refractivity contribution in [2.75, 3.05) is 12.3 Å². The van der Waals surface area contributed by atoms with E-state index in [1.165, 1.54) is 0 Å². The van der Waals surface area contributed by atoms with Crippen LogP contribution in [0.2, 0.25) is 0 Å². The number of thioether (sulfide) groups is 1. The number of hydrogen-bond acceptors (Lipinski definition) is 3. The summed E-state index contributed by atoms with van der Waals surface area (Å²) in [7, 11) is 0. The third-order valence-electron chi connectivity index (χ3n) is 1.72. The minimum atomic E-state index is 0. The lowest BCUT2D eigenvalue weighted by Crippen LogP contribution is -1.91. The molecule has 0 fully saturated rings. The number of phenolic OH excluding ortho intramolecular Hbond substituents is 1. The van der Waals surface area contributed by atoms with E-state index < -0.39 is 0 Å². The lowest BCUT2D eigenvalue weighted by Gasteiger charge is -2.01. The fourth-order valence-corrected chi connectivity index (χ4v) is 2.04. The van der Waals surface area contributed by atoms with Crippen LogP contribution in [0.1, 0.15) is 13.0 Å². The van der Waals surface area contributed by atoms with Crippen molar-refractivity contribution in [1.29, 1.82) is 0 Å². The van der Waals surface area contributed by atoms with Crippen LogP contribution in [0.3, 0.4) is 0 Å². The smallest absolute Gasteiger partial charge is 0.125 e. The first-order chi connectivity index (χ1) is 5.88. The Morgan fingerprint density at radius 1 is 1.31 bits per heavy atom. The van der Waals surface area contributed by atoms with Gasteiger partial charge >= 0.3 is 0 Å². The highest BCUT2D eigenvalue weighted by molar-refractivity contribution is 8.14. The molecule has 0 radical (unpaired) electrons. The Balaban J connectivity index is 0.000000845. The largest absolute Gasteiger partial charge is 0.507 e. The summed E-state index contributed by atoms with van der Waals surface area (Å²) in [4.78, 5) is 4.29. The van der Waals surface area contributed by atoms with Gasteiger partial charge in [0.2, 0.25) is 0 Å². The van der Waals surface area contributed by atoms with E-state index in [0.717, 1.165) is 22.9 Å². The molecule has 13 heavy (non-hydrogen) atoms. The quantitative estimate of drug-likeness (QED) is 0.746. The Hall–Kier alpha value is -0.960. The van der Waals surface area contributed by atoms with Gasteiger partial charge in [0.05, 0.1) is 0 Å². The van der Waals surface area contributed by atoms with Crippen LogP contribution in [0.15, 0.2) is 29.3 Å². The third kappa shape index (κ3) is 2.04. The van der Waals surface area contributed by atoms with E-state index in [-0.39, 0.29) is 7.43 Å². The van der Waals surface area contributed by atoms with Gasteiger partial charge in [0.15, 0.2) is 0 Å². The molecule has 70 valence electrons. The maximum absolute atomic E-state index is 9.48. The highest BCUT2D eigenvalue weighted by atomic mass is 32.2. The zero-order chi connectivity index (χ0) is 8.39. The van der Waals surface area contributed by atoms with Gasteiger partial charge in [0.25, 0.3) is 0 Å². The van der Waals surface area contributed by atoms with Gasteiger partial charge in [-0.05, 0) is 12.1 Å². The van der Waals surface area contributed by atoms with Gasteiger partial charge < -0.3 is 5.11 Å². The molecule has 0 atom stereocenters. The highest BCUT2D eigenvalue weighted by Crippen LogP contribution is 2.25. The number of rotatable bonds is 1. The lowest BCUT2D eigenvalue weighted by atomic mass is 10.2. The van der Waals surface area contributed by atoms with E-state index in [9.17, 15) is 5.11 Å². The molecule has 0 saturated heterocycles. The van der Waals surface area contributed by atoms with Gasteiger partial charge in [0, 0.05) is 17.9 Å². The van der Waals surface area contributed by atoms with Gasteiger partial charge in [-0.1, -0.05) is 19.6 Å². The average molecular weight is 195 g/mol. The normalized spacial score (nSPS) is 14.9. The summed E-state index contributed by atoms with van der Waals surface area (Å²) in [6.45, 7) is 0.869. The van der Waals surface area contributed by atoms with Crippen LogP contribution in [-0.2, 0) is 0 Å². The molecule has 1 N–H and O–H groups in total. The standard InChI is InChI=1S/C9H9NOS.CH4/c11-8-4-2-1-3-7(8)9-10-5-6-12-9;/h1-4,11H,5-6H2;1H4. The minimum Gasteiger partial charge on any atom is -0.507 e. The van der Waals surface area contributed by atoms with Crippen molar-refractivity contribution in [3.8, 4) is 5.75 Å². The number of phenols is 1. The summed E-state index contributed by atoms with van der Waals surface area (Å²) in [6, 6.07) is 7.32. The second-order valence-corrected chi connectivity index (χ2v) is 3.64. The number of aliphatic imine (C=N–C) groups is 1. The van der Waals surface area contributed by atoms with Crippen LogP contribution >= 0.6 is 11.8 Å². The van der Waals surface area contributed by atoms with E-state index in [2.05, 4.69) is 4.99 Å². The van der Waals surface area contributed by atoms with Gasteiger partial charge in [-0.25, -0.2) is 0 Å². The topological polar surface area (TPSA) is 32.6 Å². The van der Waals surface area contributed by atoms with Crippen molar-refractivity contribution >= 4 is 16.8 Å². The van der Waals surface area contributed by atoms with Gasteiger partial charge in [-0.15, -0.1) is 11.8 Å². The molecule has 0 amide bonds. The predicted octanol–water partition coefficient (Wildman–Crippen LogP) is 2.52. The number of para-hydroxylation sites is 1. The summed E-state index contributed by atoms with van der Waals surface area (Å²) < 4.78 is 0. The Morgan fingerprint density at radius 3 is 2.69 bits per heavy atom. The van der Waals surface area contributed by atoms with Gasteiger partial charge in [-0.2, -0.15) is 0 Å². The Kier molecular flexibility index (Phi) is 3.37. The zero-order valence-electron chi connectivity index (χ0n) is 6.53. The zero-order valence-corrected chi connectivity index (χ0v) is 7.34. The van der Waals surface area contributed by atoms with Gasteiger partial charge in [-0.3, -0.25) is 4.99 Å². The Bertz CT molecular complexity index is 322. The molecule has 0 aliphatic carbocycles.